The summed E-state index contributed by atoms with van der Waals surface area (Å²) < 4.78 is 4.54. The fourth-order valence-corrected chi connectivity index (χ4v) is 0.732. The van der Waals surface area contributed by atoms with Crippen molar-refractivity contribution >= 4 is 11.9 Å². The van der Waals surface area contributed by atoms with Crippen molar-refractivity contribution in [1.29, 1.82) is 0 Å². The Kier molecular flexibility index (Phi) is 6.69. The zero-order chi connectivity index (χ0) is 11.0. The number of aliphatic hydroxyl groups excluding tert-OH is 2. The predicted molar refractivity (Wildman–Crippen MR) is 45.5 cm³/mol. The van der Waals surface area contributed by atoms with Crippen LogP contribution in [-0.4, -0.2) is 46.6 Å². The molecular weight excluding hydrogens is 192 g/mol. The van der Waals surface area contributed by atoms with E-state index in [4.69, 9.17) is 15.3 Å². The summed E-state index contributed by atoms with van der Waals surface area (Å²) in [5.74, 6) is -2.20. The number of carbonyl (C=O) groups excluding carboxylic acids is 1. The Labute approximate surface area is 81.1 Å². The van der Waals surface area contributed by atoms with Gasteiger partial charge in [0.05, 0.1) is 13.0 Å². The minimum atomic E-state index is -1.61. The molecule has 0 rings (SSSR count). The molecule has 14 heavy (non-hydrogen) atoms. The normalized spacial score (nSPS) is 12.1. The SMILES string of the molecule is O=C(O)CC(O)C(=O)OCCCCO. The van der Waals surface area contributed by atoms with E-state index in [1.54, 1.807) is 0 Å². The number of hydrogen-bond donors (Lipinski definition) is 3. The molecule has 0 aromatic carbocycles. The van der Waals surface area contributed by atoms with Crippen molar-refractivity contribution < 1.29 is 29.6 Å². The number of esters is 1. The van der Waals surface area contributed by atoms with Crippen molar-refractivity contribution in [2.75, 3.05) is 13.2 Å². The standard InChI is InChI=1S/C8H14O6/c9-3-1-2-4-14-8(13)6(10)5-7(11)12/h6,9-10H,1-5H2,(H,11,12). The second-order valence-electron chi connectivity index (χ2n) is 2.71. The summed E-state index contributed by atoms with van der Waals surface area (Å²) in [5, 5.41) is 25.6. The molecule has 82 valence electrons. The van der Waals surface area contributed by atoms with Crippen LogP contribution in [0.4, 0.5) is 0 Å². The van der Waals surface area contributed by atoms with Crippen molar-refractivity contribution in [1.82, 2.24) is 0 Å². The van der Waals surface area contributed by atoms with Crippen molar-refractivity contribution in [3.05, 3.63) is 0 Å². The molecule has 0 heterocycles. The van der Waals surface area contributed by atoms with Crippen LogP contribution in [0.25, 0.3) is 0 Å². The summed E-state index contributed by atoms with van der Waals surface area (Å²) in [7, 11) is 0. The van der Waals surface area contributed by atoms with Crippen LogP contribution in [0.5, 0.6) is 0 Å². The fourth-order valence-electron chi connectivity index (χ4n) is 0.732. The average molecular weight is 206 g/mol. The number of ether oxygens (including phenoxy) is 1. The molecule has 0 radical (unpaired) electrons. The quantitative estimate of drug-likeness (QED) is 0.370. The molecule has 0 saturated heterocycles. The molecule has 1 atom stereocenters. The van der Waals surface area contributed by atoms with Gasteiger partial charge in [-0.1, -0.05) is 0 Å². The average Bonchev–Trinajstić information content (AvgIpc) is 2.11. The lowest BCUT2D eigenvalue weighted by atomic mass is 10.2. The molecule has 0 aromatic heterocycles. The molecule has 0 aliphatic carbocycles. The van der Waals surface area contributed by atoms with E-state index in [-0.39, 0.29) is 13.2 Å². The monoisotopic (exact) mass is 206 g/mol. The number of hydrogen-bond acceptors (Lipinski definition) is 5. The smallest absolute Gasteiger partial charge is 0.335 e. The first-order valence-electron chi connectivity index (χ1n) is 4.25. The Hall–Kier alpha value is -1.14. The molecule has 0 amide bonds. The highest BCUT2D eigenvalue weighted by Crippen LogP contribution is 1.97. The number of rotatable bonds is 7. The first kappa shape index (κ1) is 12.9. The molecule has 6 heteroatoms. The van der Waals surface area contributed by atoms with E-state index in [1.165, 1.54) is 0 Å². The van der Waals surface area contributed by atoms with Crippen LogP contribution >= 0.6 is 0 Å². The highest BCUT2D eigenvalue weighted by molar-refractivity contribution is 5.80. The number of carbonyl (C=O) groups is 2. The van der Waals surface area contributed by atoms with Crippen LogP contribution in [0.15, 0.2) is 0 Å². The number of carboxylic acids is 1. The van der Waals surface area contributed by atoms with E-state index in [0.29, 0.717) is 12.8 Å². The molecule has 0 saturated carbocycles. The van der Waals surface area contributed by atoms with Gasteiger partial charge in [-0.05, 0) is 12.8 Å². The number of unbranched alkanes of at least 4 members (excludes halogenated alkanes) is 1. The topological polar surface area (TPSA) is 104 Å². The maximum absolute atomic E-state index is 10.8. The lowest BCUT2D eigenvalue weighted by molar-refractivity contribution is -0.158. The molecule has 0 fully saturated rings. The van der Waals surface area contributed by atoms with Gasteiger partial charge in [-0.15, -0.1) is 0 Å². The number of aliphatic hydroxyl groups is 2. The van der Waals surface area contributed by atoms with Gasteiger partial charge in [-0.25, -0.2) is 4.79 Å². The van der Waals surface area contributed by atoms with Crippen LogP contribution < -0.4 is 0 Å². The Bertz CT molecular complexity index is 190. The van der Waals surface area contributed by atoms with Gasteiger partial charge in [-0.2, -0.15) is 0 Å². The highest BCUT2D eigenvalue weighted by Gasteiger charge is 2.19. The van der Waals surface area contributed by atoms with E-state index >= 15 is 0 Å². The van der Waals surface area contributed by atoms with E-state index in [0.717, 1.165) is 0 Å². The van der Waals surface area contributed by atoms with Crippen molar-refractivity contribution in [2.24, 2.45) is 0 Å². The summed E-state index contributed by atoms with van der Waals surface area (Å²) in [4.78, 5) is 20.9. The second kappa shape index (κ2) is 7.28. The summed E-state index contributed by atoms with van der Waals surface area (Å²) in [6.45, 7) is 0.0886. The fraction of sp³-hybridized carbons (Fsp3) is 0.750. The Morgan fingerprint density at radius 2 is 1.93 bits per heavy atom. The maximum Gasteiger partial charge on any atom is 0.335 e. The molecule has 6 nitrogen and oxygen atoms in total. The molecule has 0 aromatic rings. The van der Waals surface area contributed by atoms with E-state index < -0.39 is 24.5 Å². The van der Waals surface area contributed by atoms with Gasteiger partial charge in [0, 0.05) is 6.61 Å². The van der Waals surface area contributed by atoms with Crippen LogP contribution in [0.2, 0.25) is 0 Å². The van der Waals surface area contributed by atoms with E-state index in [1.807, 2.05) is 0 Å². The van der Waals surface area contributed by atoms with Gasteiger partial charge in [0.15, 0.2) is 6.10 Å². The molecular formula is C8H14O6. The van der Waals surface area contributed by atoms with Gasteiger partial charge in [0.25, 0.3) is 0 Å². The van der Waals surface area contributed by atoms with E-state index in [9.17, 15) is 9.59 Å². The van der Waals surface area contributed by atoms with Crippen LogP contribution in [0, 0.1) is 0 Å². The first-order valence-corrected chi connectivity index (χ1v) is 4.25. The van der Waals surface area contributed by atoms with E-state index in [2.05, 4.69) is 4.74 Å². The van der Waals surface area contributed by atoms with Gasteiger partial charge < -0.3 is 20.1 Å². The third-order valence-corrected chi connectivity index (χ3v) is 1.44. The van der Waals surface area contributed by atoms with Gasteiger partial charge in [-0.3, -0.25) is 4.79 Å². The predicted octanol–water partition coefficient (Wildman–Crippen LogP) is -0.862. The lowest BCUT2D eigenvalue weighted by Crippen LogP contribution is -2.26. The summed E-state index contributed by atoms with van der Waals surface area (Å²) in [6, 6.07) is 0. The Morgan fingerprint density at radius 1 is 1.29 bits per heavy atom. The number of aliphatic carboxylic acids is 1. The second-order valence-corrected chi connectivity index (χ2v) is 2.71. The zero-order valence-corrected chi connectivity index (χ0v) is 7.68. The summed E-state index contributed by atoms with van der Waals surface area (Å²) in [5.41, 5.74) is 0. The maximum atomic E-state index is 10.8. The largest absolute Gasteiger partial charge is 0.481 e. The van der Waals surface area contributed by atoms with Gasteiger partial charge in [0.2, 0.25) is 0 Å². The van der Waals surface area contributed by atoms with Crippen LogP contribution in [0.3, 0.4) is 0 Å². The van der Waals surface area contributed by atoms with Crippen LogP contribution in [0.1, 0.15) is 19.3 Å². The van der Waals surface area contributed by atoms with Crippen molar-refractivity contribution in [3.63, 3.8) is 0 Å². The molecule has 0 aliphatic heterocycles. The Morgan fingerprint density at radius 3 is 2.43 bits per heavy atom. The van der Waals surface area contributed by atoms with Crippen LogP contribution in [-0.2, 0) is 14.3 Å². The van der Waals surface area contributed by atoms with Crippen molar-refractivity contribution in [3.8, 4) is 0 Å². The zero-order valence-electron chi connectivity index (χ0n) is 7.68. The lowest BCUT2D eigenvalue weighted by Gasteiger charge is -2.07. The summed E-state index contributed by atoms with van der Waals surface area (Å²) in [6.07, 6.45) is -1.27. The highest BCUT2D eigenvalue weighted by atomic mass is 16.5. The third kappa shape index (κ3) is 6.38. The first-order chi connectivity index (χ1) is 6.57. The molecule has 0 spiro atoms. The van der Waals surface area contributed by atoms with Gasteiger partial charge >= 0.3 is 11.9 Å². The number of carboxylic acid groups (broad SMARTS) is 1. The van der Waals surface area contributed by atoms with Crippen molar-refractivity contribution in [2.45, 2.75) is 25.4 Å². The Balaban J connectivity index is 3.57. The minimum absolute atomic E-state index is 0.00916. The molecule has 3 N–H and O–H groups in total. The molecule has 0 aliphatic rings. The molecule has 0 bridgehead atoms. The third-order valence-electron chi connectivity index (χ3n) is 1.44. The molecule has 1 unspecified atom stereocenters. The minimum Gasteiger partial charge on any atom is -0.481 e. The summed E-state index contributed by atoms with van der Waals surface area (Å²) >= 11 is 0. The van der Waals surface area contributed by atoms with Gasteiger partial charge in [0.1, 0.15) is 0 Å².